The van der Waals surface area contributed by atoms with E-state index in [4.69, 9.17) is 14.5 Å². The average Bonchev–Trinajstić information content (AvgIpc) is 4.07. The SMILES string of the molecule is COC(=O)N[C@H](C(=O)N1CCC[C@H]1c1ncc(-c2ccc(-c3ccc(-c4cnc([C@@H]5CCCN5C(=O)[C@H](C(C)C)N(C)C(=O)O)[nH]4)cc3)cc2)[nH]1)C1CCOCC1. The van der Waals surface area contributed by atoms with E-state index >= 15 is 0 Å². The monoisotopic (exact) mass is 780 g/mol. The van der Waals surface area contributed by atoms with Gasteiger partial charge in [-0.3, -0.25) is 14.5 Å². The van der Waals surface area contributed by atoms with Gasteiger partial charge in [-0.1, -0.05) is 62.4 Å². The van der Waals surface area contributed by atoms with Crippen LogP contribution in [-0.2, 0) is 19.1 Å². The summed E-state index contributed by atoms with van der Waals surface area (Å²) in [5, 5.41) is 12.4. The standard InChI is InChI=1S/C42H52N8O7/c1-25(2)36(48(3)42(54)55)40(52)50-20-6-8-34(50)38-44-24-32(46-38)29-15-11-27(12-16-29)26-9-13-28(14-10-26)31-23-43-37(45-31)33-7-5-19-49(33)39(51)35(47-41(53)56-4)30-17-21-57-22-18-30/h9-16,23-25,30,33-36H,5-8,17-22H2,1-4H3,(H,43,45)(H,44,46)(H,47,53)(H,54,55)/t33-,34-,35-,36-/m0/s1. The van der Waals surface area contributed by atoms with E-state index in [1.54, 1.807) is 17.3 Å². The van der Waals surface area contributed by atoms with Gasteiger partial charge in [0.15, 0.2) is 0 Å². The predicted octanol–water partition coefficient (Wildman–Crippen LogP) is 6.25. The van der Waals surface area contributed by atoms with Crippen molar-refractivity contribution in [1.82, 2.24) is 40.0 Å². The summed E-state index contributed by atoms with van der Waals surface area (Å²) >= 11 is 0. The number of aromatic amines is 2. The molecule has 0 bridgehead atoms. The van der Waals surface area contributed by atoms with Gasteiger partial charge in [0.05, 0.1) is 43.0 Å². The third-order valence-electron chi connectivity index (χ3n) is 11.7. The molecule has 3 aliphatic heterocycles. The molecule has 57 heavy (non-hydrogen) atoms. The number of carboxylic acid groups (broad SMARTS) is 1. The van der Waals surface area contributed by atoms with Crippen LogP contribution >= 0.6 is 0 Å². The van der Waals surface area contributed by atoms with Gasteiger partial charge in [-0.25, -0.2) is 19.6 Å². The average molecular weight is 781 g/mol. The summed E-state index contributed by atoms with van der Waals surface area (Å²) in [6.07, 6.45) is 6.41. The number of likely N-dealkylation sites (tertiary alicyclic amines) is 2. The zero-order valence-corrected chi connectivity index (χ0v) is 32.9. The molecule has 3 saturated heterocycles. The predicted molar refractivity (Wildman–Crippen MR) is 212 cm³/mol. The van der Waals surface area contributed by atoms with E-state index in [1.165, 1.54) is 14.2 Å². The normalized spacial score (nSPS) is 19.7. The van der Waals surface area contributed by atoms with Crippen LogP contribution in [0.4, 0.5) is 9.59 Å². The molecule has 5 heterocycles. The van der Waals surface area contributed by atoms with E-state index in [-0.39, 0.29) is 35.7 Å². The number of H-pyrrole nitrogens is 2. The summed E-state index contributed by atoms with van der Waals surface area (Å²) in [5.41, 5.74) is 5.71. The molecule has 2 aromatic carbocycles. The van der Waals surface area contributed by atoms with E-state index in [9.17, 15) is 24.3 Å². The van der Waals surface area contributed by atoms with Crippen LogP contribution in [0.15, 0.2) is 60.9 Å². The summed E-state index contributed by atoms with van der Waals surface area (Å²) in [5.74, 6) is 0.896. The second kappa shape index (κ2) is 17.2. The van der Waals surface area contributed by atoms with Crippen molar-refractivity contribution in [3.8, 4) is 33.6 Å². The van der Waals surface area contributed by atoms with Crippen molar-refractivity contribution >= 4 is 24.0 Å². The third kappa shape index (κ3) is 8.38. The Morgan fingerprint density at radius 3 is 1.72 bits per heavy atom. The largest absolute Gasteiger partial charge is 0.465 e. The second-order valence-corrected chi connectivity index (χ2v) is 15.5. The summed E-state index contributed by atoms with van der Waals surface area (Å²) in [6, 6.07) is 14.5. The van der Waals surface area contributed by atoms with Crippen LogP contribution < -0.4 is 5.32 Å². The van der Waals surface area contributed by atoms with Gasteiger partial charge in [-0.2, -0.15) is 0 Å². The minimum atomic E-state index is -1.13. The number of alkyl carbamates (subject to hydrolysis) is 1. The maximum absolute atomic E-state index is 13.9. The second-order valence-electron chi connectivity index (χ2n) is 15.5. The van der Waals surface area contributed by atoms with E-state index in [0.29, 0.717) is 45.0 Å². The first kappa shape index (κ1) is 39.5. The fourth-order valence-corrected chi connectivity index (χ4v) is 8.60. The summed E-state index contributed by atoms with van der Waals surface area (Å²) in [4.78, 5) is 72.5. The smallest absolute Gasteiger partial charge is 0.407 e. The van der Waals surface area contributed by atoms with Crippen molar-refractivity contribution in [2.75, 3.05) is 40.5 Å². The van der Waals surface area contributed by atoms with E-state index in [1.807, 2.05) is 43.0 Å². The Kier molecular flexibility index (Phi) is 11.9. The van der Waals surface area contributed by atoms with E-state index in [2.05, 4.69) is 44.5 Å². The van der Waals surface area contributed by atoms with Crippen molar-refractivity contribution < 1.29 is 33.8 Å². The van der Waals surface area contributed by atoms with Crippen LogP contribution in [0.2, 0.25) is 0 Å². The molecule has 7 rings (SSSR count). The molecule has 302 valence electrons. The number of hydrogen-bond donors (Lipinski definition) is 4. The van der Waals surface area contributed by atoms with Gasteiger partial charge in [0, 0.05) is 33.4 Å². The first-order chi connectivity index (χ1) is 27.5. The molecule has 0 saturated carbocycles. The number of hydrogen-bond acceptors (Lipinski definition) is 8. The summed E-state index contributed by atoms with van der Waals surface area (Å²) in [6.45, 7) is 5.98. The van der Waals surface area contributed by atoms with Crippen LogP contribution in [0.5, 0.6) is 0 Å². The molecule has 4 amide bonds. The zero-order valence-electron chi connectivity index (χ0n) is 32.9. The zero-order chi connectivity index (χ0) is 40.2. The molecule has 0 aliphatic carbocycles. The number of rotatable bonds is 11. The van der Waals surface area contributed by atoms with Crippen LogP contribution in [0.1, 0.15) is 76.1 Å². The van der Waals surface area contributed by atoms with Gasteiger partial charge >= 0.3 is 12.2 Å². The number of ether oxygens (including phenoxy) is 2. The highest BCUT2D eigenvalue weighted by Crippen LogP contribution is 2.36. The number of carbonyl (C=O) groups is 4. The number of methoxy groups -OCH3 is 1. The molecular weight excluding hydrogens is 729 g/mol. The van der Waals surface area contributed by atoms with Gasteiger partial charge in [0.25, 0.3) is 0 Å². The van der Waals surface area contributed by atoms with Gasteiger partial charge in [-0.15, -0.1) is 0 Å². The Labute approximate surface area is 332 Å². The van der Waals surface area contributed by atoms with E-state index < -0.39 is 24.3 Å². The van der Waals surface area contributed by atoms with Crippen LogP contribution in [0.3, 0.4) is 0 Å². The molecular formula is C42H52N8O7. The third-order valence-corrected chi connectivity index (χ3v) is 11.7. The van der Waals surface area contributed by atoms with E-state index in [0.717, 1.165) is 70.0 Å². The highest BCUT2D eigenvalue weighted by atomic mass is 16.5. The Morgan fingerprint density at radius 2 is 1.26 bits per heavy atom. The van der Waals surface area contributed by atoms with Crippen LogP contribution in [0.25, 0.3) is 33.6 Å². The maximum Gasteiger partial charge on any atom is 0.407 e. The number of carbonyl (C=O) groups excluding carboxylic acids is 3. The molecule has 4 N–H and O–H groups in total. The number of likely N-dealkylation sites (N-methyl/N-ethyl adjacent to an activating group) is 1. The lowest BCUT2D eigenvalue weighted by Crippen LogP contribution is -2.53. The lowest BCUT2D eigenvalue weighted by Gasteiger charge is -2.34. The maximum atomic E-state index is 13.9. The Hall–Kier alpha value is -5.70. The molecule has 2 aromatic heterocycles. The van der Waals surface area contributed by atoms with Gasteiger partial charge < -0.3 is 39.7 Å². The fraction of sp³-hybridized carbons (Fsp3) is 0.476. The molecule has 3 fully saturated rings. The van der Waals surface area contributed by atoms with Gasteiger partial charge in [-0.05, 0) is 72.6 Å². The Morgan fingerprint density at radius 1 is 0.789 bits per heavy atom. The first-order valence-corrected chi connectivity index (χ1v) is 19.8. The number of imidazole rings is 2. The lowest BCUT2D eigenvalue weighted by molar-refractivity contribution is -0.138. The molecule has 15 nitrogen and oxygen atoms in total. The van der Waals surface area contributed by atoms with Crippen molar-refractivity contribution in [1.29, 1.82) is 0 Å². The molecule has 4 aromatic rings. The fourth-order valence-electron chi connectivity index (χ4n) is 8.60. The van der Waals surface area contributed by atoms with Gasteiger partial charge in [0.1, 0.15) is 23.7 Å². The number of amides is 4. The number of aromatic nitrogens is 4. The lowest BCUT2D eigenvalue weighted by atomic mass is 9.90. The van der Waals surface area contributed by atoms with Crippen molar-refractivity contribution in [2.45, 2.75) is 76.5 Å². The number of nitrogens with zero attached hydrogens (tertiary/aromatic N) is 5. The van der Waals surface area contributed by atoms with Crippen molar-refractivity contribution in [3.05, 3.63) is 72.6 Å². The topological polar surface area (TPSA) is 186 Å². The minimum Gasteiger partial charge on any atom is -0.465 e. The Balaban J connectivity index is 1.00. The number of benzene rings is 2. The molecule has 3 aliphatic rings. The summed E-state index contributed by atoms with van der Waals surface area (Å²) < 4.78 is 10.4. The quantitative estimate of drug-likeness (QED) is 0.137. The Bertz CT molecular complexity index is 2040. The highest BCUT2D eigenvalue weighted by molar-refractivity contribution is 5.87. The highest BCUT2D eigenvalue weighted by Gasteiger charge is 2.41. The molecule has 0 unspecified atom stereocenters. The molecule has 4 atom stereocenters. The minimum absolute atomic E-state index is 0.0296. The molecule has 0 spiro atoms. The number of nitrogens with one attached hydrogen (secondary N) is 3. The first-order valence-electron chi connectivity index (χ1n) is 19.8. The molecule has 0 radical (unpaired) electrons. The van der Waals surface area contributed by atoms with Crippen LogP contribution in [0, 0.1) is 11.8 Å². The summed E-state index contributed by atoms with van der Waals surface area (Å²) in [7, 11) is 2.75. The van der Waals surface area contributed by atoms with Crippen molar-refractivity contribution in [2.24, 2.45) is 11.8 Å². The molecule has 15 heteroatoms. The van der Waals surface area contributed by atoms with Gasteiger partial charge in [0.2, 0.25) is 11.8 Å². The van der Waals surface area contributed by atoms with Crippen molar-refractivity contribution in [3.63, 3.8) is 0 Å². The van der Waals surface area contributed by atoms with Crippen LogP contribution in [-0.4, -0.2) is 116 Å².